The Hall–Kier alpha value is -0.890. The molecule has 2 bridgehead atoms. The third-order valence-corrected chi connectivity index (χ3v) is 7.25. The first-order valence-corrected chi connectivity index (χ1v) is 10.8. The second kappa shape index (κ2) is 9.07. The van der Waals surface area contributed by atoms with Crippen LogP contribution in [0.3, 0.4) is 0 Å². The second-order valence-corrected chi connectivity index (χ2v) is 8.89. The van der Waals surface area contributed by atoms with Gasteiger partial charge in [0.1, 0.15) is 5.75 Å². The van der Waals surface area contributed by atoms with Gasteiger partial charge in [-0.2, -0.15) is 8.78 Å². The Labute approximate surface area is 164 Å². The molecule has 1 N–H and O–H groups in total. The van der Waals surface area contributed by atoms with Gasteiger partial charge >= 0.3 is 6.61 Å². The number of nitrogens with one attached hydrogen (secondary N) is 1. The second-order valence-electron chi connectivity index (χ2n) is 7.82. The highest BCUT2D eigenvalue weighted by molar-refractivity contribution is 7.97. The molecule has 0 amide bonds. The molecule has 0 radical (unpaired) electrons. The number of halogens is 2. The van der Waals surface area contributed by atoms with Crippen LogP contribution in [0.15, 0.2) is 29.2 Å². The van der Waals surface area contributed by atoms with Gasteiger partial charge < -0.3 is 14.8 Å². The standard InChI is InChI=1S/C20H28F2N2O2S/c21-20(22)26-18-3-5-19(6-4-18)27-24-16-1-2-17(24)12-15(11-16)23-13-14-7-9-25-10-8-14/h3-6,14-17,20,23H,1-2,7-13H2. The van der Waals surface area contributed by atoms with E-state index in [0.717, 1.165) is 30.6 Å². The Morgan fingerprint density at radius 3 is 2.37 bits per heavy atom. The van der Waals surface area contributed by atoms with Crippen LogP contribution < -0.4 is 10.1 Å². The molecule has 3 heterocycles. The van der Waals surface area contributed by atoms with Gasteiger partial charge in [0.05, 0.1) is 0 Å². The molecule has 3 fully saturated rings. The molecule has 2 atom stereocenters. The number of rotatable bonds is 7. The highest BCUT2D eigenvalue weighted by Gasteiger charge is 2.41. The molecule has 4 nitrogen and oxygen atoms in total. The van der Waals surface area contributed by atoms with Crippen LogP contribution in [0.25, 0.3) is 0 Å². The number of hydrogen-bond donors (Lipinski definition) is 1. The molecule has 0 aliphatic carbocycles. The monoisotopic (exact) mass is 398 g/mol. The molecule has 3 aliphatic heterocycles. The summed E-state index contributed by atoms with van der Waals surface area (Å²) in [6, 6.07) is 8.80. The van der Waals surface area contributed by atoms with E-state index in [9.17, 15) is 8.78 Å². The zero-order valence-corrected chi connectivity index (χ0v) is 16.3. The van der Waals surface area contributed by atoms with Crippen LogP contribution in [0.5, 0.6) is 5.75 Å². The van der Waals surface area contributed by atoms with Gasteiger partial charge in [0.15, 0.2) is 0 Å². The maximum Gasteiger partial charge on any atom is 0.387 e. The maximum absolute atomic E-state index is 12.3. The SMILES string of the molecule is FC(F)Oc1ccc(SN2C3CCC2CC(NCC2CCOCC2)C3)cc1. The van der Waals surface area contributed by atoms with E-state index in [1.165, 1.54) is 38.5 Å². The fourth-order valence-corrected chi connectivity index (χ4v) is 5.72. The molecule has 7 heteroatoms. The van der Waals surface area contributed by atoms with Crippen LogP contribution in [0, 0.1) is 5.92 Å². The van der Waals surface area contributed by atoms with E-state index in [1.807, 2.05) is 12.1 Å². The molecule has 3 saturated heterocycles. The normalized spacial score (nSPS) is 29.4. The number of piperidine rings is 1. The number of fused-ring (bicyclic) bond motifs is 2. The number of nitrogens with zero attached hydrogens (tertiary/aromatic N) is 1. The minimum Gasteiger partial charge on any atom is -0.435 e. The lowest BCUT2D eigenvalue weighted by molar-refractivity contribution is -0.0498. The highest BCUT2D eigenvalue weighted by atomic mass is 32.2. The van der Waals surface area contributed by atoms with E-state index in [1.54, 1.807) is 24.1 Å². The van der Waals surface area contributed by atoms with Crippen LogP contribution in [-0.2, 0) is 4.74 Å². The molecule has 27 heavy (non-hydrogen) atoms. The Bertz CT molecular complexity index is 584. The number of alkyl halides is 2. The minimum absolute atomic E-state index is 0.216. The van der Waals surface area contributed by atoms with Gasteiger partial charge in [-0.1, -0.05) is 0 Å². The average Bonchev–Trinajstić information content (AvgIpc) is 2.90. The summed E-state index contributed by atoms with van der Waals surface area (Å²) in [5.74, 6) is 0.978. The van der Waals surface area contributed by atoms with Crippen molar-refractivity contribution < 1.29 is 18.3 Å². The van der Waals surface area contributed by atoms with E-state index in [4.69, 9.17) is 4.74 Å². The minimum atomic E-state index is -2.77. The first kappa shape index (κ1) is 19.4. The van der Waals surface area contributed by atoms with Gasteiger partial charge in [-0.3, -0.25) is 0 Å². The van der Waals surface area contributed by atoms with Gasteiger partial charge in [0.2, 0.25) is 0 Å². The van der Waals surface area contributed by atoms with Crippen molar-refractivity contribution in [1.82, 2.24) is 9.62 Å². The predicted molar refractivity (Wildman–Crippen MR) is 102 cm³/mol. The van der Waals surface area contributed by atoms with Crippen LogP contribution in [0.4, 0.5) is 8.78 Å². The third-order valence-electron chi connectivity index (χ3n) is 5.96. The van der Waals surface area contributed by atoms with Crippen molar-refractivity contribution in [2.24, 2.45) is 5.92 Å². The van der Waals surface area contributed by atoms with Crippen LogP contribution in [0.2, 0.25) is 0 Å². The smallest absolute Gasteiger partial charge is 0.387 e. The lowest BCUT2D eigenvalue weighted by Gasteiger charge is -2.39. The fourth-order valence-electron chi connectivity index (χ4n) is 4.54. The quantitative estimate of drug-likeness (QED) is 0.693. The largest absolute Gasteiger partial charge is 0.435 e. The lowest BCUT2D eigenvalue weighted by atomic mass is 9.96. The van der Waals surface area contributed by atoms with Crippen molar-refractivity contribution in [3.8, 4) is 5.75 Å². The zero-order valence-electron chi connectivity index (χ0n) is 15.5. The fraction of sp³-hybridized carbons (Fsp3) is 0.700. The Kier molecular flexibility index (Phi) is 6.53. The van der Waals surface area contributed by atoms with Gasteiger partial charge in [-0.25, -0.2) is 4.31 Å². The topological polar surface area (TPSA) is 33.7 Å². The maximum atomic E-state index is 12.3. The van der Waals surface area contributed by atoms with E-state index < -0.39 is 6.61 Å². The Morgan fingerprint density at radius 1 is 1.07 bits per heavy atom. The summed E-state index contributed by atoms with van der Waals surface area (Å²) < 4.78 is 37.0. The molecule has 4 rings (SSSR count). The molecule has 0 saturated carbocycles. The third kappa shape index (κ3) is 5.13. The summed E-state index contributed by atoms with van der Waals surface area (Å²) in [6.45, 7) is 0.167. The first-order chi connectivity index (χ1) is 13.2. The van der Waals surface area contributed by atoms with Gasteiger partial charge in [0, 0.05) is 36.2 Å². The van der Waals surface area contributed by atoms with Gasteiger partial charge in [-0.05, 0) is 87.2 Å². The molecule has 1 aromatic rings. The van der Waals surface area contributed by atoms with E-state index in [-0.39, 0.29) is 5.75 Å². The molecule has 3 aliphatic rings. The van der Waals surface area contributed by atoms with Crippen molar-refractivity contribution in [1.29, 1.82) is 0 Å². The number of ether oxygens (including phenoxy) is 2. The molecule has 150 valence electrons. The Balaban J connectivity index is 1.27. The van der Waals surface area contributed by atoms with E-state index in [0.29, 0.717) is 18.1 Å². The van der Waals surface area contributed by atoms with Crippen LogP contribution in [-0.4, -0.2) is 48.8 Å². The molecule has 0 spiro atoms. The summed E-state index contributed by atoms with van der Waals surface area (Å²) in [6.07, 6.45) is 7.25. The van der Waals surface area contributed by atoms with E-state index >= 15 is 0 Å². The lowest BCUT2D eigenvalue weighted by Crippen LogP contribution is -2.47. The van der Waals surface area contributed by atoms with Crippen molar-refractivity contribution in [2.45, 2.75) is 68.2 Å². The summed E-state index contributed by atoms with van der Waals surface area (Å²) in [7, 11) is 0. The first-order valence-electron chi connectivity index (χ1n) is 9.99. The van der Waals surface area contributed by atoms with Crippen LogP contribution in [0.1, 0.15) is 38.5 Å². The van der Waals surface area contributed by atoms with Gasteiger partial charge in [-0.15, -0.1) is 0 Å². The number of hydrogen-bond acceptors (Lipinski definition) is 5. The molecular formula is C20H28F2N2O2S. The summed E-state index contributed by atoms with van der Waals surface area (Å²) in [4.78, 5) is 1.09. The predicted octanol–water partition coefficient (Wildman–Crippen LogP) is 4.31. The molecule has 0 aromatic heterocycles. The summed E-state index contributed by atoms with van der Waals surface area (Å²) in [5, 5.41) is 3.82. The van der Waals surface area contributed by atoms with Crippen molar-refractivity contribution in [2.75, 3.05) is 19.8 Å². The van der Waals surface area contributed by atoms with Crippen molar-refractivity contribution in [3.63, 3.8) is 0 Å². The highest BCUT2D eigenvalue weighted by Crippen LogP contribution is 2.43. The number of benzene rings is 1. The van der Waals surface area contributed by atoms with E-state index in [2.05, 4.69) is 14.4 Å². The Morgan fingerprint density at radius 2 is 1.74 bits per heavy atom. The summed E-state index contributed by atoms with van der Waals surface area (Å²) >= 11 is 1.76. The van der Waals surface area contributed by atoms with Gasteiger partial charge in [0.25, 0.3) is 0 Å². The summed E-state index contributed by atoms with van der Waals surface area (Å²) in [5.41, 5.74) is 0. The average molecular weight is 399 g/mol. The van der Waals surface area contributed by atoms with Crippen molar-refractivity contribution in [3.05, 3.63) is 24.3 Å². The van der Waals surface area contributed by atoms with Crippen LogP contribution >= 0.6 is 11.9 Å². The molecular weight excluding hydrogens is 370 g/mol. The zero-order chi connectivity index (χ0) is 18.6. The van der Waals surface area contributed by atoms with Crippen molar-refractivity contribution >= 4 is 11.9 Å². The molecule has 2 unspecified atom stereocenters. The molecule has 1 aromatic carbocycles.